The number of carbonyl (C=O) groups excluding carboxylic acids is 1. The summed E-state index contributed by atoms with van der Waals surface area (Å²) < 4.78 is 14.2. The van der Waals surface area contributed by atoms with E-state index in [1.807, 2.05) is 68.8 Å². The molecule has 8 heteroatoms. The molecule has 0 atom stereocenters. The van der Waals surface area contributed by atoms with Crippen molar-refractivity contribution >= 4 is 32.6 Å². The molecule has 172 valence electrons. The van der Waals surface area contributed by atoms with Crippen LogP contribution in [0.25, 0.3) is 10.2 Å². The van der Waals surface area contributed by atoms with E-state index in [2.05, 4.69) is 5.10 Å². The molecule has 0 saturated carbocycles. The molecule has 0 fully saturated rings. The number of carbonyl (C=O) groups is 1. The van der Waals surface area contributed by atoms with Crippen LogP contribution in [0.5, 0.6) is 11.5 Å². The van der Waals surface area contributed by atoms with Crippen molar-refractivity contribution in [1.82, 2.24) is 14.8 Å². The molecular formula is C25H28N4O3S. The summed E-state index contributed by atoms with van der Waals surface area (Å²) in [6, 6.07) is 15.1. The molecule has 7 nitrogen and oxygen atoms in total. The second kappa shape index (κ2) is 10.0. The van der Waals surface area contributed by atoms with Gasteiger partial charge in [0.05, 0.1) is 30.2 Å². The van der Waals surface area contributed by atoms with Crippen LogP contribution in [-0.2, 0) is 6.54 Å². The van der Waals surface area contributed by atoms with Gasteiger partial charge in [0.2, 0.25) is 0 Å². The molecule has 2 aromatic carbocycles. The molecule has 0 radical (unpaired) electrons. The molecule has 0 unspecified atom stereocenters. The summed E-state index contributed by atoms with van der Waals surface area (Å²) in [5.74, 6) is 1.35. The van der Waals surface area contributed by atoms with Gasteiger partial charge in [-0.2, -0.15) is 5.10 Å². The first-order valence-corrected chi connectivity index (χ1v) is 11.9. The number of benzene rings is 2. The summed E-state index contributed by atoms with van der Waals surface area (Å²) in [6.45, 7) is 10.0. The molecule has 0 spiro atoms. The van der Waals surface area contributed by atoms with E-state index in [-0.39, 0.29) is 5.91 Å². The first-order chi connectivity index (χ1) is 16.0. The number of hydrogen-bond donors (Lipinski definition) is 0. The summed E-state index contributed by atoms with van der Waals surface area (Å²) in [5, 5.41) is 5.18. The van der Waals surface area contributed by atoms with Crippen LogP contribution in [0.2, 0.25) is 0 Å². The van der Waals surface area contributed by atoms with Crippen LogP contribution in [0.1, 0.15) is 35.6 Å². The SMILES string of the molecule is CCOc1ccc(C(=O)N(CCn2nc(C)cc2C)c2nc3c(OCC)cccc3s2)cc1. The summed E-state index contributed by atoms with van der Waals surface area (Å²) in [5.41, 5.74) is 3.37. The number of fused-ring (bicyclic) bond motifs is 1. The number of thiazole rings is 1. The number of amides is 1. The Morgan fingerprint density at radius 3 is 2.48 bits per heavy atom. The number of ether oxygens (including phenoxy) is 2. The highest BCUT2D eigenvalue weighted by Crippen LogP contribution is 2.35. The lowest BCUT2D eigenvalue weighted by Gasteiger charge is -2.20. The van der Waals surface area contributed by atoms with Crippen molar-refractivity contribution in [2.45, 2.75) is 34.2 Å². The molecule has 33 heavy (non-hydrogen) atoms. The zero-order valence-corrected chi connectivity index (χ0v) is 20.2. The monoisotopic (exact) mass is 464 g/mol. The maximum Gasteiger partial charge on any atom is 0.260 e. The van der Waals surface area contributed by atoms with Crippen molar-refractivity contribution in [3.63, 3.8) is 0 Å². The first-order valence-electron chi connectivity index (χ1n) is 11.1. The number of para-hydroxylation sites is 1. The molecule has 0 aliphatic heterocycles. The van der Waals surface area contributed by atoms with Gasteiger partial charge in [-0.05, 0) is 70.2 Å². The van der Waals surface area contributed by atoms with Crippen LogP contribution in [0, 0.1) is 13.8 Å². The molecule has 0 aliphatic carbocycles. The topological polar surface area (TPSA) is 69.5 Å². The van der Waals surface area contributed by atoms with Crippen LogP contribution < -0.4 is 14.4 Å². The molecule has 1 amide bonds. The number of aromatic nitrogens is 3. The molecule has 0 aliphatic rings. The average molecular weight is 465 g/mol. The lowest BCUT2D eigenvalue weighted by atomic mass is 10.2. The molecule has 2 heterocycles. The van der Waals surface area contributed by atoms with Gasteiger partial charge in [0.25, 0.3) is 5.91 Å². The fraction of sp³-hybridized carbons (Fsp3) is 0.320. The number of nitrogens with zero attached hydrogens (tertiary/aromatic N) is 4. The van der Waals surface area contributed by atoms with Crippen LogP contribution in [0.15, 0.2) is 48.5 Å². The van der Waals surface area contributed by atoms with Crippen molar-refractivity contribution in [2.75, 3.05) is 24.7 Å². The van der Waals surface area contributed by atoms with Gasteiger partial charge in [0.1, 0.15) is 17.0 Å². The standard InChI is InChI=1S/C25H28N4O3S/c1-5-31-20-12-10-19(11-13-20)24(30)28(14-15-29-18(4)16-17(3)27-29)25-26-23-21(32-6-2)8-7-9-22(23)33-25/h7-13,16H,5-6,14-15H2,1-4H3. The van der Waals surface area contributed by atoms with Crippen LogP contribution >= 0.6 is 11.3 Å². The van der Waals surface area contributed by atoms with Crippen molar-refractivity contribution in [3.8, 4) is 11.5 Å². The van der Waals surface area contributed by atoms with E-state index in [4.69, 9.17) is 14.5 Å². The molecule has 4 aromatic rings. The number of hydrogen-bond acceptors (Lipinski definition) is 6. The third-order valence-corrected chi connectivity index (χ3v) is 6.24. The largest absolute Gasteiger partial charge is 0.494 e. The van der Waals surface area contributed by atoms with Gasteiger partial charge in [0, 0.05) is 17.8 Å². The summed E-state index contributed by atoms with van der Waals surface area (Å²) in [4.78, 5) is 20.1. The highest BCUT2D eigenvalue weighted by Gasteiger charge is 2.23. The normalized spacial score (nSPS) is 11.0. The Kier molecular flexibility index (Phi) is 6.93. The number of aryl methyl sites for hydroxylation is 2. The zero-order chi connectivity index (χ0) is 23.4. The van der Waals surface area contributed by atoms with Crippen molar-refractivity contribution in [3.05, 3.63) is 65.5 Å². The highest BCUT2D eigenvalue weighted by atomic mass is 32.1. The Morgan fingerprint density at radius 2 is 1.82 bits per heavy atom. The quantitative estimate of drug-likeness (QED) is 0.338. The summed E-state index contributed by atoms with van der Waals surface area (Å²) >= 11 is 1.48. The lowest BCUT2D eigenvalue weighted by Crippen LogP contribution is -2.34. The average Bonchev–Trinajstić information content (AvgIpc) is 3.37. The minimum atomic E-state index is -0.114. The maximum absolute atomic E-state index is 13.6. The van der Waals surface area contributed by atoms with Gasteiger partial charge in [-0.1, -0.05) is 17.4 Å². The second-order valence-corrected chi connectivity index (χ2v) is 8.61. The third-order valence-electron chi connectivity index (χ3n) is 5.20. The van der Waals surface area contributed by atoms with Gasteiger partial charge >= 0.3 is 0 Å². The smallest absolute Gasteiger partial charge is 0.260 e. The van der Waals surface area contributed by atoms with E-state index in [0.717, 1.165) is 33.1 Å². The Balaban J connectivity index is 1.69. The predicted molar refractivity (Wildman–Crippen MR) is 132 cm³/mol. The summed E-state index contributed by atoms with van der Waals surface area (Å²) in [6.07, 6.45) is 0. The number of anilines is 1. The fourth-order valence-corrected chi connectivity index (χ4v) is 4.70. The van der Waals surface area contributed by atoms with E-state index in [9.17, 15) is 4.79 Å². The van der Waals surface area contributed by atoms with E-state index < -0.39 is 0 Å². The van der Waals surface area contributed by atoms with Gasteiger partial charge in [-0.15, -0.1) is 0 Å². The Bertz CT molecular complexity index is 1250. The molecular weight excluding hydrogens is 436 g/mol. The molecule has 0 saturated heterocycles. The molecule has 4 rings (SSSR count). The molecule has 0 N–H and O–H groups in total. The van der Waals surface area contributed by atoms with Crippen molar-refractivity contribution < 1.29 is 14.3 Å². The minimum absolute atomic E-state index is 0.114. The van der Waals surface area contributed by atoms with E-state index in [1.165, 1.54) is 11.3 Å². The van der Waals surface area contributed by atoms with E-state index in [1.54, 1.807) is 17.0 Å². The third kappa shape index (κ3) is 5.01. The van der Waals surface area contributed by atoms with Crippen molar-refractivity contribution in [2.24, 2.45) is 0 Å². The van der Waals surface area contributed by atoms with Gasteiger partial charge in [-0.25, -0.2) is 4.98 Å². The Morgan fingerprint density at radius 1 is 1.06 bits per heavy atom. The van der Waals surface area contributed by atoms with Gasteiger partial charge in [-0.3, -0.25) is 14.4 Å². The summed E-state index contributed by atoms with van der Waals surface area (Å²) in [7, 11) is 0. The predicted octanol–water partition coefficient (Wildman–Crippen LogP) is 5.25. The minimum Gasteiger partial charge on any atom is -0.494 e. The Labute approximate surface area is 197 Å². The van der Waals surface area contributed by atoms with Crippen LogP contribution in [-0.4, -0.2) is 40.4 Å². The van der Waals surface area contributed by atoms with E-state index in [0.29, 0.717) is 37.0 Å². The first kappa shape index (κ1) is 22.8. The molecule has 2 aromatic heterocycles. The second-order valence-electron chi connectivity index (χ2n) is 7.60. The molecule has 0 bridgehead atoms. The van der Waals surface area contributed by atoms with E-state index >= 15 is 0 Å². The maximum atomic E-state index is 13.6. The fourth-order valence-electron chi connectivity index (χ4n) is 3.70. The van der Waals surface area contributed by atoms with Crippen LogP contribution in [0.3, 0.4) is 0 Å². The van der Waals surface area contributed by atoms with Crippen molar-refractivity contribution in [1.29, 1.82) is 0 Å². The zero-order valence-electron chi connectivity index (χ0n) is 19.4. The van der Waals surface area contributed by atoms with Gasteiger partial charge < -0.3 is 9.47 Å². The van der Waals surface area contributed by atoms with Gasteiger partial charge in [0.15, 0.2) is 5.13 Å². The lowest BCUT2D eigenvalue weighted by molar-refractivity contribution is 0.0985. The van der Waals surface area contributed by atoms with Crippen LogP contribution in [0.4, 0.5) is 5.13 Å². The highest BCUT2D eigenvalue weighted by molar-refractivity contribution is 7.22. The Hall–Kier alpha value is -3.39. The number of rotatable bonds is 9.